The number of benzene rings is 2. The van der Waals surface area contributed by atoms with Gasteiger partial charge in [0.25, 0.3) is 0 Å². The third-order valence-corrected chi connectivity index (χ3v) is 7.71. The minimum absolute atomic E-state index is 0.184. The third-order valence-electron chi connectivity index (χ3n) is 7.71. The molecule has 0 aliphatic heterocycles. The van der Waals surface area contributed by atoms with Gasteiger partial charge in [-0.2, -0.15) is 5.10 Å². The number of fused-ring (bicyclic) bond motifs is 1. The van der Waals surface area contributed by atoms with Gasteiger partial charge in [0.15, 0.2) is 0 Å². The summed E-state index contributed by atoms with van der Waals surface area (Å²) in [6, 6.07) is 18.3. The number of rotatable bonds is 8. The first-order chi connectivity index (χ1) is 20.1. The number of nitrogens with one attached hydrogen (secondary N) is 3. The molecule has 4 aromatic rings. The van der Waals surface area contributed by atoms with Gasteiger partial charge in [-0.3, -0.25) is 10.3 Å². The highest BCUT2D eigenvalue weighted by atomic mass is 16.2. The number of carbonyl (C=O) groups is 1. The number of allylic oxidation sites excluding steroid dienone is 1. The Morgan fingerprint density at radius 3 is 2.55 bits per heavy atom. The number of pyridine rings is 1. The van der Waals surface area contributed by atoms with Crippen LogP contribution in [0.3, 0.4) is 0 Å². The molecule has 3 N–H and O–H groups in total. The molecular weight excluding hydrogens is 522 g/mol. The number of nitrogens with zero attached hydrogens (tertiary/aromatic N) is 4. The third kappa shape index (κ3) is 6.89. The Labute approximate surface area is 249 Å². The van der Waals surface area contributed by atoms with Crippen LogP contribution in [0.5, 0.6) is 0 Å². The molecule has 2 aromatic carbocycles. The van der Waals surface area contributed by atoms with Crippen LogP contribution in [0.1, 0.15) is 57.0 Å². The molecule has 1 aliphatic carbocycles. The number of hydrogen-bond donors (Lipinski definition) is 3. The zero-order chi connectivity index (χ0) is 29.9. The SMILES string of the molecule is Cc1ccc(-n2nc(C(C)(C)C)cc2NC(=O)Nc2ccc(C3=CC(NCCN(C)C)CCC3)c3ccccc23)cn1. The highest BCUT2D eigenvalue weighted by Gasteiger charge is 2.22. The summed E-state index contributed by atoms with van der Waals surface area (Å²) in [5.41, 5.74) is 5.76. The molecule has 2 amide bonds. The van der Waals surface area contributed by atoms with Crippen molar-refractivity contribution in [1.29, 1.82) is 0 Å². The van der Waals surface area contributed by atoms with Crippen LogP contribution in [0.15, 0.2) is 66.9 Å². The van der Waals surface area contributed by atoms with Crippen LogP contribution in [0.25, 0.3) is 22.0 Å². The van der Waals surface area contributed by atoms with Gasteiger partial charge in [0.1, 0.15) is 5.82 Å². The molecule has 1 atom stereocenters. The first kappa shape index (κ1) is 29.5. The van der Waals surface area contributed by atoms with E-state index in [4.69, 9.17) is 5.10 Å². The Hall–Kier alpha value is -4.01. The van der Waals surface area contributed by atoms with Gasteiger partial charge in [0, 0.05) is 41.7 Å². The molecule has 8 heteroatoms. The van der Waals surface area contributed by atoms with E-state index in [2.05, 4.69) is 91.0 Å². The van der Waals surface area contributed by atoms with Crippen molar-refractivity contribution in [3.8, 4) is 5.69 Å². The molecule has 0 saturated heterocycles. The number of likely N-dealkylation sites (N-methyl/N-ethyl adjacent to an activating group) is 1. The molecule has 5 rings (SSSR count). The first-order valence-corrected chi connectivity index (χ1v) is 14.8. The van der Waals surface area contributed by atoms with Crippen molar-refractivity contribution in [1.82, 2.24) is 25.0 Å². The number of aryl methyl sites for hydroxylation is 1. The minimum Gasteiger partial charge on any atom is -0.309 e. The molecule has 2 heterocycles. The van der Waals surface area contributed by atoms with Crippen LogP contribution in [-0.2, 0) is 5.41 Å². The number of aromatic nitrogens is 3. The van der Waals surface area contributed by atoms with E-state index in [0.717, 1.165) is 65.9 Å². The lowest BCUT2D eigenvalue weighted by molar-refractivity contribution is 0.262. The van der Waals surface area contributed by atoms with Crippen LogP contribution in [-0.4, -0.2) is 58.9 Å². The summed E-state index contributed by atoms with van der Waals surface area (Å²) in [5, 5.41) is 16.8. The fourth-order valence-electron chi connectivity index (χ4n) is 5.36. The summed E-state index contributed by atoms with van der Waals surface area (Å²) in [6.07, 6.45) is 7.53. The Morgan fingerprint density at radius 2 is 1.83 bits per heavy atom. The lowest BCUT2D eigenvalue weighted by Crippen LogP contribution is -2.34. The van der Waals surface area contributed by atoms with E-state index in [1.165, 1.54) is 11.1 Å². The molecule has 0 bridgehead atoms. The quantitative estimate of drug-likeness (QED) is 0.220. The average molecular weight is 566 g/mol. The van der Waals surface area contributed by atoms with Crippen molar-refractivity contribution < 1.29 is 4.79 Å². The lowest BCUT2D eigenvalue weighted by atomic mass is 9.88. The molecule has 0 fully saturated rings. The summed E-state index contributed by atoms with van der Waals surface area (Å²) in [5.74, 6) is 0.587. The lowest BCUT2D eigenvalue weighted by Gasteiger charge is -2.24. The Morgan fingerprint density at radius 1 is 1.05 bits per heavy atom. The fraction of sp³-hybridized carbons (Fsp3) is 0.382. The second kappa shape index (κ2) is 12.5. The van der Waals surface area contributed by atoms with Crippen molar-refractivity contribution in [2.24, 2.45) is 0 Å². The normalized spacial score (nSPS) is 15.6. The van der Waals surface area contributed by atoms with Crippen molar-refractivity contribution in [2.45, 2.75) is 58.4 Å². The van der Waals surface area contributed by atoms with Crippen molar-refractivity contribution in [2.75, 3.05) is 37.8 Å². The number of anilines is 2. The smallest absolute Gasteiger partial charge is 0.309 e. The molecule has 0 radical (unpaired) electrons. The maximum absolute atomic E-state index is 13.4. The monoisotopic (exact) mass is 565 g/mol. The number of amides is 2. The summed E-state index contributed by atoms with van der Waals surface area (Å²) in [4.78, 5) is 20.0. The summed E-state index contributed by atoms with van der Waals surface area (Å²) in [7, 11) is 4.20. The topological polar surface area (TPSA) is 87.1 Å². The molecule has 0 saturated carbocycles. The van der Waals surface area contributed by atoms with Gasteiger partial charge in [-0.1, -0.05) is 57.2 Å². The van der Waals surface area contributed by atoms with Gasteiger partial charge in [0.05, 0.1) is 23.3 Å². The predicted molar refractivity (Wildman–Crippen MR) is 174 cm³/mol. The Kier molecular flexibility index (Phi) is 8.75. The Bertz CT molecular complexity index is 1580. The van der Waals surface area contributed by atoms with E-state index >= 15 is 0 Å². The van der Waals surface area contributed by atoms with Crippen LogP contribution < -0.4 is 16.0 Å². The zero-order valence-corrected chi connectivity index (χ0v) is 25.7. The van der Waals surface area contributed by atoms with Gasteiger partial charge in [-0.25, -0.2) is 9.48 Å². The van der Waals surface area contributed by atoms with Gasteiger partial charge < -0.3 is 15.5 Å². The molecule has 2 aromatic heterocycles. The zero-order valence-electron chi connectivity index (χ0n) is 25.7. The molecular formula is C34H43N7O. The van der Waals surface area contributed by atoms with Crippen molar-refractivity contribution in [3.63, 3.8) is 0 Å². The molecule has 0 spiro atoms. The van der Waals surface area contributed by atoms with E-state index in [1.807, 2.05) is 37.3 Å². The van der Waals surface area contributed by atoms with Crippen molar-refractivity contribution in [3.05, 3.63) is 83.8 Å². The van der Waals surface area contributed by atoms with E-state index in [-0.39, 0.29) is 11.4 Å². The van der Waals surface area contributed by atoms with E-state index < -0.39 is 0 Å². The van der Waals surface area contributed by atoms with E-state index in [1.54, 1.807) is 10.9 Å². The van der Waals surface area contributed by atoms with Gasteiger partial charge in [-0.05, 0) is 75.0 Å². The van der Waals surface area contributed by atoms with Crippen LogP contribution >= 0.6 is 0 Å². The molecule has 1 aliphatic rings. The van der Waals surface area contributed by atoms with E-state index in [9.17, 15) is 4.79 Å². The van der Waals surface area contributed by atoms with E-state index in [0.29, 0.717) is 11.9 Å². The maximum Gasteiger partial charge on any atom is 0.324 e. The van der Waals surface area contributed by atoms with Gasteiger partial charge >= 0.3 is 6.03 Å². The summed E-state index contributed by atoms with van der Waals surface area (Å²) < 4.78 is 1.74. The van der Waals surface area contributed by atoms with Crippen LogP contribution in [0.2, 0.25) is 0 Å². The second-order valence-electron chi connectivity index (χ2n) is 12.5. The summed E-state index contributed by atoms with van der Waals surface area (Å²) >= 11 is 0. The fourth-order valence-corrected chi connectivity index (χ4v) is 5.36. The molecule has 42 heavy (non-hydrogen) atoms. The molecule has 8 nitrogen and oxygen atoms in total. The minimum atomic E-state index is -0.323. The molecule has 220 valence electrons. The average Bonchev–Trinajstić information content (AvgIpc) is 3.38. The summed E-state index contributed by atoms with van der Waals surface area (Å²) in [6.45, 7) is 10.3. The highest BCUT2D eigenvalue weighted by Crippen LogP contribution is 2.35. The number of hydrogen-bond acceptors (Lipinski definition) is 5. The van der Waals surface area contributed by atoms with Crippen molar-refractivity contribution >= 4 is 33.9 Å². The van der Waals surface area contributed by atoms with Crippen LogP contribution in [0, 0.1) is 6.92 Å². The highest BCUT2D eigenvalue weighted by molar-refractivity contribution is 6.08. The number of carbonyl (C=O) groups excluding carboxylic acids is 1. The largest absolute Gasteiger partial charge is 0.324 e. The van der Waals surface area contributed by atoms with Gasteiger partial charge in [-0.15, -0.1) is 0 Å². The van der Waals surface area contributed by atoms with Gasteiger partial charge in [0.2, 0.25) is 0 Å². The van der Waals surface area contributed by atoms with Crippen LogP contribution in [0.4, 0.5) is 16.3 Å². The Balaban J connectivity index is 1.39. The first-order valence-electron chi connectivity index (χ1n) is 14.8. The predicted octanol–water partition coefficient (Wildman–Crippen LogP) is 6.76. The number of urea groups is 1. The second-order valence-corrected chi connectivity index (χ2v) is 12.5. The molecule has 1 unspecified atom stereocenters. The maximum atomic E-state index is 13.4. The standard InChI is InChI=1S/C34H43N7O/c1-23-14-15-26(22-36-23)41-32(21-31(39-41)34(2,3)4)38-33(42)37-30-17-16-27(28-12-7-8-13-29(28)30)24-10-9-11-25(20-24)35-18-19-40(5)6/h7-8,12-17,20-22,25,35H,9-11,18-19H2,1-6H3,(H2,37,38,42).